The Morgan fingerprint density at radius 3 is 2.75 bits per heavy atom. The summed E-state index contributed by atoms with van der Waals surface area (Å²) >= 11 is 6.25. The first-order valence-electron chi connectivity index (χ1n) is 9.24. The summed E-state index contributed by atoms with van der Waals surface area (Å²) in [4.78, 5) is 18.8. The number of hydrogen-bond donors (Lipinski definition) is 1. The number of aliphatic hydroxyl groups excluding tert-OH is 1. The minimum absolute atomic E-state index is 0.00148. The molecule has 1 fully saturated rings. The van der Waals surface area contributed by atoms with Gasteiger partial charge in [0.05, 0.1) is 16.7 Å². The summed E-state index contributed by atoms with van der Waals surface area (Å²) in [6, 6.07) is 13.0. The molecule has 2 aromatic heterocycles. The van der Waals surface area contributed by atoms with Crippen molar-refractivity contribution in [2.24, 2.45) is 5.92 Å². The number of aryl methyl sites for hydroxylation is 1. The number of amides is 1. The summed E-state index contributed by atoms with van der Waals surface area (Å²) in [7, 11) is 0. The lowest BCUT2D eigenvalue weighted by atomic mass is 9.97. The van der Waals surface area contributed by atoms with Crippen LogP contribution in [0.3, 0.4) is 0 Å². The quantitative estimate of drug-likeness (QED) is 0.724. The van der Waals surface area contributed by atoms with E-state index in [9.17, 15) is 9.90 Å². The molecular formula is C22H21ClN2O3. The molecule has 1 aliphatic rings. The molecule has 3 aromatic rings. The number of pyridine rings is 1. The Hall–Kier alpha value is -2.63. The van der Waals surface area contributed by atoms with Crippen molar-refractivity contribution in [2.45, 2.75) is 19.4 Å². The van der Waals surface area contributed by atoms with Crippen molar-refractivity contribution in [1.82, 2.24) is 9.88 Å². The summed E-state index contributed by atoms with van der Waals surface area (Å²) in [5.41, 5.74) is 2.36. The highest BCUT2D eigenvalue weighted by Crippen LogP contribution is 2.32. The highest BCUT2D eigenvalue weighted by molar-refractivity contribution is 6.33. The van der Waals surface area contributed by atoms with E-state index in [0.29, 0.717) is 41.6 Å². The second kappa shape index (κ2) is 7.78. The van der Waals surface area contributed by atoms with E-state index >= 15 is 0 Å². The number of aromatic nitrogens is 1. The molecule has 1 saturated heterocycles. The van der Waals surface area contributed by atoms with Crippen molar-refractivity contribution < 1.29 is 14.3 Å². The average Bonchev–Trinajstić information content (AvgIpc) is 3.25. The number of nitrogens with zero attached hydrogens (tertiary/aromatic N) is 2. The molecular weight excluding hydrogens is 376 g/mol. The van der Waals surface area contributed by atoms with E-state index in [-0.39, 0.29) is 11.8 Å². The molecule has 144 valence electrons. The first kappa shape index (κ1) is 18.7. The highest BCUT2D eigenvalue weighted by Gasteiger charge is 2.35. The van der Waals surface area contributed by atoms with Crippen LogP contribution in [-0.4, -0.2) is 40.1 Å². The molecule has 0 aliphatic carbocycles. The Morgan fingerprint density at radius 2 is 2.00 bits per heavy atom. The second-order valence-electron chi connectivity index (χ2n) is 7.16. The minimum atomic E-state index is -0.549. The lowest BCUT2D eigenvalue weighted by Gasteiger charge is -2.15. The van der Waals surface area contributed by atoms with Gasteiger partial charge < -0.3 is 14.4 Å². The van der Waals surface area contributed by atoms with Crippen LogP contribution in [0.1, 0.15) is 21.7 Å². The number of carbonyl (C=O) groups is 1. The van der Waals surface area contributed by atoms with Crippen molar-refractivity contribution in [1.29, 1.82) is 0 Å². The topological polar surface area (TPSA) is 66.6 Å². The van der Waals surface area contributed by atoms with Crippen LogP contribution in [-0.2, 0) is 6.42 Å². The molecule has 0 bridgehead atoms. The van der Waals surface area contributed by atoms with Gasteiger partial charge in [-0.15, -0.1) is 0 Å². The summed E-state index contributed by atoms with van der Waals surface area (Å²) in [6.45, 7) is 2.60. The maximum Gasteiger partial charge on any atom is 0.257 e. The summed E-state index contributed by atoms with van der Waals surface area (Å²) in [5.74, 6) is 0.990. The smallest absolute Gasteiger partial charge is 0.257 e. The number of carbonyl (C=O) groups excluding carboxylic acids is 1. The fraction of sp³-hybridized carbons (Fsp3) is 0.273. The zero-order valence-electron chi connectivity index (χ0n) is 15.5. The van der Waals surface area contributed by atoms with Crippen LogP contribution in [0, 0.1) is 12.8 Å². The van der Waals surface area contributed by atoms with E-state index in [0.717, 1.165) is 11.1 Å². The summed E-state index contributed by atoms with van der Waals surface area (Å²) < 4.78 is 5.81. The SMILES string of the molecule is Cc1oc(-c2ccccc2Cl)cc1C(=O)N1C[C@@H](Cc2ccncc2)[C@@H](O)C1. The zero-order chi connectivity index (χ0) is 19.7. The predicted octanol–water partition coefficient (Wildman–Crippen LogP) is 3.98. The fourth-order valence-electron chi connectivity index (χ4n) is 3.70. The zero-order valence-corrected chi connectivity index (χ0v) is 16.3. The van der Waals surface area contributed by atoms with E-state index in [1.165, 1.54) is 0 Å². The van der Waals surface area contributed by atoms with Crippen LogP contribution >= 0.6 is 11.6 Å². The van der Waals surface area contributed by atoms with Crippen LogP contribution < -0.4 is 0 Å². The van der Waals surface area contributed by atoms with Gasteiger partial charge in [-0.3, -0.25) is 9.78 Å². The number of benzene rings is 1. The van der Waals surface area contributed by atoms with Crippen molar-refractivity contribution >= 4 is 17.5 Å². The van der Waals surface area contributed by atoms with Crippen LogP contribution in [0.4, 0.5) is 0 Å². The van der Waals surface area contributed by atoms with Crippen molar-refractivity contribution in [3.8, 4) is 11.3 Å². The van der Waals surface area contributed by atoms with Gasteiger partial charge in [0.2, 0.25) is 0 Å². The lowest BCUT2D eigenvalue weighted by molar-refractivity contribution is 0.0763. The monoisotopic (exact) mass is 396 g/mol. The maximum absolute atomic E-state index is 13.1. The highest BCUT2D eigenvalue weighted by atomic mass is 35.5. The van der Waals surface area contributed by atoms with Crippen molar-refractivity contribution in [2.75, 3.05) is 13.1 Å². The number of aliphatic hydroxyl groups is 1. The largest absolute Gasteiger partial charge is 0.460 e. The molecule has 2 atom stereocenters. The second-order valence-corrected chi connectivity index (χ2v) is 7.56. The van der Waals surface area contributed by atoms with Gasteiger partial charge in [-0.1, -0.05) is 23.7 Å². The number of rotatable bonds is 4. The molecule has 28 heavy (non-hydrogen) atoms. The van der Waals surface area contributed by atoms with Gasteiger partial charge in [-0.25, -0.2) is 0 Å². The van der Waals surface area contributed by atoms with E-state index < -0.39 is 6.10 Å². The molecule has 0 spiro atoms. The van der Waals surface area contributed by atoms with Gasteiger partial charge >= 0.3 is 0 Å². The Balaban J connectivity index is 1.51. The molecule has 5 nitrogen and oxygen atoms in total. The van der Waals surface area contributed by atoms with Crippen LogP contribution in [0.5, 0.6) is 0 Å². The van der Waals surface area contributed by atoms with Gasteiger partial charge in [0.25, 0.3) is 5.91 Å². The molecule has 3 heterocycles. The average molecular weight is 397 g/mol. The van der Waals surface area contributed by atoms with E-state index in [1.54, 1.807) is 36.4 Å². The van der Waals surface area contributed by atoms with Gasteiger partial charge in [0.1, 0.15) is 11.5 Å². The standard InChI is InChI=1S/C22H21ClN2O3/c1-14-18(11-21(28-14)17-4-2-3-5-19(17)23)22(27)25-12-16(20(26)13-25)10-15-6-8-24-9-7-15/h2-9,11,16,20,26H,10,12-13H2,1H3/t16-,20+/m1/s1. The van der Waals surface area contributed by atoms with Gasteiger partial charge in [0.15, 0.2) is 0 Å². The molecule has 0 unspecified atom stereocenters. The van der Waals surface area contributed by atoms with E-state index in [4.69, 9.17) is 16.0 Å². The van der Waals surface area contributed by atoms with Crippen LogP contribution in [0.15, 0.2) is 59.3 Å². The molecule has 1 amide bonds. The maximum atomic E-state index is 13.1. The van der Waals surface area contributed by atoms with Gasteiger partial charge in [-0.05, 0) is 49.2 Å². The molecule has 4 rings (SSSR count). The Bertz CT molecular complexity index is 986. The fourth-order valence-corrected chi connectivity index (χ4v) is 3.93. The molecule has 6 heteroatoms. The van der Waals surface area contributed by atoms with Gasteiger partial charge in [-0.2, -0.15) is 0 Å². The van der Waals surface area contributed by atoms with Gasteiger partial charge in [0, 0.05) is 37.0 Å². The van der Waals surface area contributed by atoms with E-state index in [2.05, 4.69) is 4.98 Å². The molecule has 1 aromatic carbocycles. The number of furan rings is 1. The molecule has 1 N–H and O–H groups in total. The first-order chi connectivity index (χ1) is 13.5. The number of halogens is 1. The minimum Gasteiger partial charge on any atom is -0.460 e. The summed E-state index contributed by atoms with van der Waals surface area (Å²) in [6.07, 6.45) is 3.64. The lowest BCUT2D eigenvalue weighted by Crippen LogP contribution is -2.29. The Morgan fingerprint density at radius 1 is 1.25 bits per heavy atom. The Kier molecular flexibility index (Phi) is 5.20. The third-order valence-electron chi connectivity index (χ3n) is 5.23. The third-order valence-corrected chi connectivity index (χ3v) is 5.56. The number of hydrogen-bond acceptors (Lipinski definition) is 4. The molecule has 1 aliphatic heterocycles. The molecule has 0 saturated carbocycles. The van der Waals surface area contributed by atoms with Crippen LogP contribution in [0.25, 0.3) is 11.3 Å². The predicted molar refractivity (Wildman–Crippen MR) is 107 cm³/mol. The third kappa shape index (κ3) is 3.68. The van der Waals surface area contributed by atoms with Crippen molar-refractivity contribution in [3.05, 3.63) is 76.8 Å². The number of likely N-dealkylation sites (tertiary alicyclic amines) is 1. The normalized spacial score (nSPS) is 19.2. The summed E-state index contributed by atoms with van der Waals surface area (Å²) in [5, 5.41) is 11.0. The first-order valence-corrected chi connectivity index (χ1v) is 9.62. The van der Waals surface area contributed by atoms with Crippen molar-refractivity contribution in [3.63, 3.8) is 0 Å². The number of β-amino-alcohol motifs (C(OH)–C–C–N with tert-alkyl or cyclic N) is 1. The van der Waals surface area contributed by atoms with E-state index in [1.807, 2.05) is 30.3 Å². The Labute approximate surface area is 168 Å². The van der Waals surface area contributed by atoms with Crippen LogP contribution in [0.2, 0.25) is 5.02 Å². The molecule has 0 radical (unpaired) electrons.